The average molecular weight is 341 g/mol. The Bertz CT molecular complexity index is 402. The van der Waals surface area contributed by atoms with Gasteiger partial charge in [0.2, 0.25) is 0 Å². The van der Waals surface area contributed by atoms with Gasteiger partial charge in [0.15, 0.2) is 19.5 Å². The van der Waals surface area contributed by atoms with Gasteiger partial charge in [0.1, 0.15) is 6.29 Å². The summed E-state index contributed by atoms with van der Waals surface area (Å²) in [6, 6.07) is 0. The largest absolute Gasteiger partial charge is 0.400 e. The molecule has 22 heavy (non-hydrogen) atoms. The van der Waals surface area contributed by atoms with Crippen LogP contribution in [-0.2, 0) is 8.85 Å². The fraction of sp³-hybridized carbons (Fsp3) is 0.889. The van der Waals surface area contributed by atoms with Crippen molar-refractivity contribution in [3.8, 4) is 0 Å². The van der Waals surface area contributed by atoms with Crippen molar-refractivity contribution < 1.29 is 8.85 Å². The summed E-state index contributed by atoms with van der Waals surface area (Å²) in [6.45, 7) is 14.0. The van der Waals surface area contributed by atoms with Crippen molar-refractivity contribution >= 4 is 19.5 Å². The zero-order valence-corrected chi connectivity index (χ0v) is 18.4. The summed E-state index contributed by atoms with van der Waals surface area (Å²) in [5.41, 5.74) is 2.29. The molecule has 2 saturated carbocycles. The van der Waals surface area contributed by atoms with Crippen LogP contribution >= 0.6 is 0 Å². The molecule has 2 fully saturated rings. The van der Waals surface area contributed by atoms with Crippen LogP contribution in [0.15, 0.2) is 11.6 Å². The van der Waals surface area contributed by atoms with Crippen molar-refractivity contribution in [3.63, 3.8) is 0 Å². The molecule has 0 radical (unpaired) electrons. The maximum absolute atomic E-state index is 6.17. The van der Waals surface area contributed by atoms with Gasteiger partial charge in [-0.1, -0.05) is 51.9 Å². The quantitative estimate of drug-likeness (QED) is 0.416. The molecule has 4 heteroatoms. The third-order valence-electron chi connectivity index (χ3n) is 6.52. The number of fused-ring (bicyclic) bond motifs is 1. The highest BCUT2D eigenvalue weighted by Crippen LogP contribution is 2.61. The van der Waals surface area contributed by atoms with E-state index < -0.39 is 19.5 Å². The second kappa shape index (κ2) is 7.33. The molecule has 2 aliphatic rings. The van der Waals surface area contributed by atoms with Crippen LogP contribution < -0.4 is 0 Å². The van der Waals surface area contributed by atoms with Crippen LogP contribution in [-0.4, -0.2) is 25.8 Å². The van der Waals surface area contributed by atoms with E-state index in [0.29, 0.717) is 5.41 Å². The molecule has 2 aliphatic carbocycles. The first-order chi connectivity index (χ1) is 10.4. The maximum Gasteiger partial charge on any atom is 0.161 e. The molecule has 0 bridgehead atoms. The number of hydrogen-bond donors (Lipinski definition) is 0. The first-order valence-corrected chi connectivity index (χ1v) is 13.3. The molecule has 0 saturated heterocycles. The lowest BCUT2D eigenvalue weighted by atomic mass is 9.56. The smallest absolute Gasteiger partial charge is 0.161 e. The van der Waals surface area contributed by atoms with E-state index in [2.05, 4.69) is 46.9 Å². The highest BCUT2D eigenvalue weighted by molar-refractivity contribution is 6.26. The Morgan fingerprint density at radius 3 is 2.41 bits per heavy atom. The first kappa shape index (κ1) is 18.4. The van der Waals surface area contributed by atoms with Gasteiger partial charge >= 0.3 is 0 Å². The molecule has 0 aliphatic heterocycles. The topological polar surface area (TPSA) is 18.5 Å². The van der Waals surface area contributed by atoms with E-state index in [1.165, 1.54) is 32.1 Å². The summed E-state index contributed by atoms with van der Waals surface area (Å²) in [6.07, 6.45) is 9.20. The lowest BCUT2D eigenvalue weighted by Crippen LogP contribution is -2.48. The van der Waals surface area contributed by atoms with Gasteiger partial charge in [-0.25, -0.2) is 0 Å². The van der Waals surface area contributed by atoms with E-state index in [9.17, 15) is 0 Å². The SMILES string of the molecule is C/C=C1/CC[C@@H]2[C@@H](C(C)(C)C(O[SiH2]C)O[SiH2]C)CCC[C@]12C. The summed E-state index contributed by atoms with van der Waals surface area (Å²) in [7, 11) is -0.867. The van der Waals surface area contributed by atoms with E-state index in [1.807, 2.05) is 0 Å². The molecule has 0 spiro atoms. The fourth-order valence-corrected chi connectivity index (χ4v) is 7.20. The molecule has 128 valence electrons. The van der Waals surface area contributed by atoms with Crippen LogP contribution in [0.4, 0.5) is 0 Å². The molecule has 2 nitrogen and oxygen atoms in total. The molecule has 0 unspecified atom stereocenters. The summed E-state index contributed by atoms with van der Waals surface area (Å²) in [4.78, 5) is 0. The third kappa shape index (κ3) is 3.17. The van der Waals surface area contributed by atoms with E-state index in [-0.39, 0.29) is 11.7 Å². The Kier molecular flexibility index (Phi) is 6.14. The summed E-state index contributed by atoms with van der Waals surface area (Å²) >= 11 is 0. The van der Waals surface area contributed by atoms with Gasteiger partial charge in [0, 0.05) is 5.41 Å². The van der Waals surface area contributed by atoms with Crippen LogP contribution in [0.1, 0.15) is 59.8 Å². The second-order valence-corrected chi connectivity index (χ2v) is 9.76. The number of rotatable bonds is 6. The molecular weight excluding hydrogens is 304 g/mol. The van der Waals surface area contributed by atoms with Crippen LogP contribution in [0.5, 0.6) is 0 Å². The zero-order chi connectivity index (χ0) is 16.4. The van der Waals surface area contributed by atoms with Crippen molar-refractivity contribution in [3.05, 3.63) is 11.6 Å². The predicted molar refractivity (Wildman–Crippen MR) is 100 cm³/mol. The van der Waals surface area contributed by atoms with Crippen LogP contribution in [0.2, 0.25) is 13.1 Å². The van der Waals surface area contributed by atoms with Gasteiger partial charge in [-0.2, -0.15) is 0 Å². The van der Waals surface area contributed by atoms with Crippen molar-refractivity contribution in [1.82, 2.24) is 0 Å². The fourth-order valence-electron chi connectivity index (χ4n) is 5.35. The summed E-state index contributed by atoms with van der Waals surface area (Å²) in [5.74, 6) is 1.55. The van der Waals surface area contributed by atoms with Gasteiger partial charge in [-0.15, -0.1) is 0 Å². The molecule has 0 N–H and O–H groups in total. The number of allylic oxidation sites excluding steroid dienone is 2. The van der Waals surface area contributed by atoms with Gasteiger partial charge < -0.3 is 8.85 Å². The molecule has 3 atom stereocenters. The van der Waals surface area contributed by atoms with Crippen molar-refractivity contribution in [2.75, 3.05) is 0 Å². The Balaban J connectivity index is 2.26. The molecule has 0 amide bonds. The van der Waals surface area contributed by atoms with Crippen molar-refractivity contribution in [2.24, 2.45) is 22.7 Å². The predicted octanol–water partition coefficient (Wildman–Crippen LogP) is 3.80. The highest BCUT2D eigenvalue weighted by atomic mass is 28.2. The minimum atomic E-state index is -0.434. The van der Waals surface area contributed by atoms with Gasteiger partial charge in [0.25, 0.3) is 0 Å². The standard InChI is InChI=1S/C18H36O2Si2/c1-7-13-10-11-15-14(9-8-12-18(13,15)4)17(2,3)16(19-21-5)20-22-6/h7,14-16H,8-12,21-22H2,1-6H3/b13-7-/t14-,15+,18+/m0/s1. The minimum absolute atomic E-state index is 0.0443. The van der Waals surface area contributed by atoms with Gasteiger partial charge in [-0.3, -0.25) is 0 Å². The third-order valence-corrected chi connectivity index (χ3v) is 7.79. The summed E-state index contributed by atoms with van der Waals surface area (Å²) in [5, 5.41) is 0. The molecule has 0 aromatic carbocycles. The number of hydrogen-bond acceptors (Lipinski definition) is 2. The Morgan fingerprint density at radius 1 is 1.23 bits per heavy atom. The Morgan fingerprint density at radius 2 is 1.86 bits per heavy atom. The monoisotopic (exact) mass is 340 g/mol. The maximum atomic E-state index is 6.17. The lowest BCUT2D eigenvalue weighted by Gasteiger charge is -2.51. The van der Waals surface area contributed by atoms with Crippen molar-refractivity contribution in [1.29, 1.82) is 0 Å². The van der Waals surface area contributed by atoms with E-state index >= 15 is 0 Å². The molecule has 0 aromatic rings. The minimum Gasteiger partial charge on any atom is -0.400 e. The van der Waals surface area contributed by atoms with Crippen molar-refractivity contribution in [2.45, 2.75) is 79.2 Å². The van der Waals surface area contributed by atoms with E-state index in [4.69, 9.17) is 8.85 Å². The van der Waals surface area contributed by atoms with Crippen LogP contribution in [0, 0.1) is 22.7 Å². The first-order valence-electron chi connectivity index (χ1n) is 9.30. The Labute approximate surface area is 142 Å². The zero-order valence-electron chi connectivity index (χ0n) is 15.6. The van der Waals surface area contributed by atoms with Crippen LogP contribution in [0.3, 0.4) is 0 Å². The molecular formula is C18H36O2Si2. The molecule has 0 heterocycles. The van der Waals surface area contributed by atoms with Crippen LogP contribution in [0.25, 0.3) is 0 Å². The highest BCUT2D eigenvalue weighted by Gasteiger charge is 2.53. The molecule has 0 aromatic heterocycles. The van der Waals surface area contributed by atoms with E-state index in [1.54, 1.807) is 5.57 Å². The van der Waals surface area contributed by atoms with E-state index in [0.717, 1.165) is 11.8 Å². The second-order valence-electron chi connectivity index (χ2n) is 7.94. The summed E-state index contributed by atoms with van der Waals surface area (Å²) < 4.78 is 12.3. The van der Waals surface area contributed by atoms with Gasteiger partial charge in [-0.05, 0) is 49.9 Å². The normalized spacial score (nSPS) is 36.7. The lowest BCUT2D eigenvalue weighted by molar-refractivity contribution is -0.131. The Hall–Kier alpha value is 0.0938. The molecule has 2 rings (SSSR count). The average Bonchev–Trinajstić information content (AvgIpc) is 2.82. The van der Waals surface area contributed by atoms with Gasteiger partial charge in [0.05, 0.1) is 0 Å².